The number of hydrogen-bond donors (Lipinski definition) is 2. The second-order valence-corrected chi connectivity index (χ2v) is 6.58. The zero-order valence-corrected chi connectivity index (χ0v) is 15.9. The molecule has 0 aliphatic heterocycles. The van der Waals surface area contributed by atoms with Crippen LogP contribution in [0.4, 0.5) is 18.9 Å². The highest BCUT2D eigenvalue weighted by Crippen LogP contribution is 2.30. The van der Waals surface area contributed by atoms with E-state index in [1.165, 1.54) is 25.1 Å². The lowest BCUT2D eigenvalue weighted by atomic mass is 10.1. The average Bonchev–Trinajstić information content (AvgIpc) is 2.71. The van der Waals surface area contributed by atoms with Gasteiger partial charge in [-0.15, -0.1) is 0 Å². The number of ketones is 2. The number of nitrogens with one attached hydrogen (secondary N) is 1. The van der Waals surface area contributed by atoms with Crippen LogP contribution in [-0.2, 0) is 15.8 Å². The van der Waals surface area contributed by atoms with Gasteiger partial charge in [0.2, 0.25) is 11.6 Å². The molecule has 0 aliphatic carbocycles. The first kappa shape index (κ1) is 21.7. The van der Waals surface area contributed by atoms with Crippen molar-refractivity contribution in [3.05, 3.63) is 70.4 Å². The Bertz CT molecular complexity index is 1280. The minimum absolute atomic E-state index is 0.0418. The van der Waals surface area contributed by atoms with Crippen LogP contribution < -0.4 is 9.74 Å². The van der Waals surface area contributed by atoms with Gasteiger partial charge in [0.1, 0.15) is 5.69 Å². The molecule has 1 aromatic heterocycles. The molecular formula is C20H15F3N3O5+. The van der Waals surface area contributed by atoms with Crippen LogP contribution in [0.2, 0.25) is 0 Å². The lowest BCUT2D eigenvalue weighted by Gasteiger charge is -2.09. The summed E-state index contributed by atoms with van der Waals surface area (Å²) in [6.07, 6.45) is -5.66. The van der Waals surface area contributed by atoms with E-state index in [-0.39, 0.29) is 26.8 Å². The first-order chi connectivity index (χ1) is 14.5. The summed E-state index contributed by atoms with van der Waals surface area (Å²) in [4.78, 5) is 49.3. The molecule has 2 aromatic carbocycles. The van der Waals surface area contributed by atoms with Gasteiger partial charge in [0.25, 0.3) is 11.4 Å². The summed E-state index contributed by atoms with van der Waals surface area (Å²) in [6.45, 7) is 1.28. The van der Waals surface area contributed by atoms with Gasteiger partial charge in [0, 0.05) is 16.7 Å². The molecular weight excluding hydrogens is 419 g/mol. The Morgan fingerprint density at radius 3 is 2.45 bits per heavy atom. The standard InChI is InChI=1S/C20H14F3N3O5/c1-11-18(26(31)15-8-3-2-7-14(15)25(11)30)16(27)10-17(28)19(29)24-13-6-4-5-12(9-13)20(21,22)23/h2-9,30H,10H2,1H3/p+1. The average molecular weight is 434 g/mol. The fourth-order valence-corrected chi connectivity index (χ4v) is 2.96. The number of fused-ring (bicyclic) bond motifs is 1. The van der Waals surface area contributed by atoms with Crippen LogP contribution in [0.3, 0.4) is 0 Å². The molecule has 0 saturated carbocycles. The van der Waals surface area contributed by atoms with E-state index in [2.05, 4.69) is 0 Å². The van der Waals surface area contributed by atoms with E-state index in [1.807, 2.05) is 5.32 Å². The van der Waals surface area contributed by atoms with E-state index in [0.717, 1.165) is 18.2 Å². The molecule has 0 spiro atoms. The number of carbonyl (C=O) groups excluding carboxylic acids is 3. The Hall–Kier alpha value is -4.02. The molecule has 0 aliphatic rings. The minimum atomic E-state index is -4.64. The predicted octanol–water partition coefficient (Wildman–Crippen LogP) is 2.90. The van der Waals surface area contributed by atoms with Crippen LogP contribution >= 0.6 is 0 Å². The first-order valence-corrected chi connectivity index (χ1v) is 8.81. The van der Waals surface area contributed by atoms with Crippen LogP contribution in [0.25, 0.3) is 11.0 Å². The molecule has 0 atom stereocenters. The van der Waals surface area contributed by atoms with Gasteiger partial charge in [0.05, 0.1) is 16.4 Å². The molecule has 0 bridgehead atoms. The Labute approximate surface area is 172 Å². The van der Waals surface area contributed by atoms with Crippen molar-refractivity contribution in [2.45, 2.75) is 19.5 Å². The number of amides is 1. The zero-order chi connectivity index (χ0) is 22.9. The summed E-state index contributed by atoms with van der Waals surface area (Å²) in [7, 11) is 0. The molecule has 11 heteroatoms. The summed E-state index contributed by atoms with van der Waals surface area (Å²) in [5.41, 5.74) is -1.92. The topological polar surface area (TPSA) is 111 Å². The molecule has 1 amide bonds. The molecule has 8 nitrogen and oxygen atoms in total. The molecule has 3 aromatic rings. The number of carbonyl (C=O) groups is 3. The van der Waals surface area contributed by atoms with Crippen molar-refractivity contribution in [2.24, 2.45) is 0 Å². The fourth-order valence-electron chi connectivity index (χ4n) is 2.96. The third kappa shape index (κ3) is 4.29. The number of Topliss-reactive ketones (excluding diaryl/α,β-unsaturated/α-hetero) is 2. The van der Waals surface area contributed by atoms with Crippen LogP contribution in [-0.4, -0.2) is 27.4 Å². The quantitative estimate of drug-likeness (QED) is 0.211. The van der Waals surface area contributed by atoms with Gasteiger partial charge in [-0.1, -0.05) is 18.2 Å². The SMILES string of the molecule is Cc1c(C(=O)CC(=O)C(=O)Nc2cccc(C(F)(F)F)c2)[n+](=O)c2ccccc2n1O. The number of halogens is 3. The normalized spacial score (nSPS) is 11.4. The number of rotatable bonds is 5. The number of hydrogen-bond acceptors (Lipinski definition) is 5. The maximum absolute atomic E-state index is 12.8. The summed E-state index contributed by atoms with van der Waals surface area (Å²) < 4.78 is 39.2. The molecule has 0 unspecified atom stereocenters. The highest BCUT2D eigenvalue weighted by Gasteiger charge is 2.33. The van der Waals surface area contributed by atoms with Crippen molar-refractivity contribution in [3.8, 4) is 0 Å². The van der Waals surface area contributed by atoms with Crippen molar-refractivity contribution < 1.29 is 37.2 Å². The smallest absolute Gasteiger partial charge is 0.416 e. The lowest BCUT2D eigenvalue weighted by molar-refractivity contribution is -0.469. The highest BCUT2D eigenvalue weighted by molar-refractivity contribution is 6.43. The number of aromatic nitrogens is 2. The Balaban J connectivity index is 1.82. The maximum atomic E-state index is 12.8. The summed E-state index contributed by atoms with van der Waals surface area (Å²) in [6, 6.07) is 9.50. The van der Waals surface area contributed by atoms with Gasteiger partial charge >= 0.3 is 11.9 Å². The van der Waals surface area contributed by atoms with Gasteiger partial charge in [-0.2, -0.15) is 17.9 Å². The van der Waals surface area contributed by atoms with Crippen molar-refractivity contribution in [1.82, 2.24) is 4.73 Å². The van der Waals surface area contributed by atoms with Gasteiger partial charge in [-0.3, -0.25) is 14.4 Å². The lowest BCUT2D eigenvalue weighted by Crippen LogP contribution is -2.33. The van der Waals surface area contributed by atoms with Gasteiger partial charge in [-0.25, -0.2) is 0 Å². The predicted molar refractivity (Wildman–Crippen MR) is 101 cm³/mol. The van der Waals surface area contributed by atoms with E-state index in [4.69, 9.17) is 0 Å². The molecule has 31 heavy (non-hydrogen) atoms. The van der Waals surface area contributed by atoms with E-state index >= 15 is 0 Å². The van der Waals surface area contributed by atoms with Gasteiger partial charge in [-0.05, 0) is 31.2 Å². The molecule has 3 rings (SSSR count). The van der Waals surface area contributed by atoms with Crippen molar-refractivity contribution in [2.75, 3.05) is 5.32 Å². The number of alkyl halides is 3. The Morgan fingerprint density at radius 1 is 1.10 bits per heavy atom. The summed E-state index contributed by atoms with van der Waals surface area (Å²) >= 11 is 0. The molecule has 1 heterocycles. The maximum Gasteiger partial charge on any atom is 0.416 e. The minimum Gasteiger partial charge on any atom is -0.428 e. The van der Waals surface area contributed by atoms with E-state index in [1.54, 1.807) is 6.07 Å². The number of anilines is 1. The van der Waals surface area contributed by atoms with Gasteiger partial charge in [0.15, 0.2) is 5.52 Å². The number of benzene rings is 2. The molecule has 160 valence electrons. The third-order valence-electron chi connectivity index (χ3n) is 4.48. The second-order valence-electron chi connectivity index (χ2n) is 6.58. The third-order valence-corrected chi connectivity index (χ3v) is 4.48. The van der Waals surface area contributed by atoms with E-state index in [0.29, 0.717) is 10.8 Å². The largest absolute Gasteiger partial charge is 0.428 e. The highest BCUT2D eigenvalue weighted by atomic mass is 19.4. The molecule has 2 N–H and O–H groups in total. The molecule has 0 saturated heterocycles. The van der Waals surface area contributed by atoms with Crippen LogP contribution in [0.15, 0.2) is 48.5 Å². The monoisotopic (exact) mass is 434 g/mol. The fraction of sp³-hybridized carbons (Fsp3) is 0.150. The van der Waals surface area contributed by atoms with E-state index < -0.39 is 41.3 Å². The molecule has 0 fully saturated rings. The number of para-hydroxylation sites is 2. The van der Waals surface area contributed by atoms with Crippen molar-refractivity contribution >= 4 is 34.2 Å². The van der Waals surface area contributed by atoms with Crippen molar-refractivity contribution in [3.63, 3.8) is 0 Å². The second kappa shape index (κ2) is 8.01. The summed E-state index contributed by atoms with van der Waals surface area (Å²) in [5, 5.41) is 12.2. The zero-order valence-electron chi connectivity index (χ0n) is 15.9. The Morgan fingerprint density at radius 2 is 1.77 bits per heavy atom. The summed E-state index contributed by atoms with van der Waals surface area (Å²) in [5.74, 6) is -3.62. The number of nitrogens with zero attached hydrogens (tertiary/aromatic N) is 2. The van der Waals surface area contributed by atoms with E-state index in [9.17, 15) is 37.7 Å². The van der Waals surface area contributed by atoms with Crippen LogP contribution in [0.1, 0.15) is 28.2 Å². The molecule has 0 radical (unpaired) electrons. The van der Waals surface area contributed by atoms with Crippen LogP contribution in [0, 0.1) is 11.8 Å². The Kier molecular flexibility index (Phi) is 5.60. The van der Waals surface area contributed by atoms with Crippen molar-refractivity contribution in [1.29, 1.82) is 0 Å². The first-order valence-electron chi connectivity index (χ1n) is 8.81. The van der Waals surface area contributed by atoms with Crippen LogP contribution in [0.5, 0.6) is 0 Å². The van der Waals surface area contributed by atoms with Gasteiger partial charge < -0.3 is 10.5 Å².